The number of unbranched alkanes of at least 4 members (excludes halogenated alkanes) is 5. The zero-order valence-electron chi connectivity index (χ0n) is 10.9. The minimum atomic E-state index is 0.315. The molecular formula is C15H21BrCl2. The number of halogens is 3. The van der Waals surface area contributed by atoms with Crippen molar-refractivity contribution < 1.29 is 0 Å². The maximum Gasteiger partial charge on any atom is 0.0450 e. The molecule has 1 atom stereocenters. The lowest BCUT2D eigenvalue weighted by molar-refractivity contribution is 0.588. The van der Waals surface area contributed by atoms with Crippen LogP contribution >= 0.6 is 39.1 Å². The number of alkyl halides is 1. The Morgan fingerprint density at radius 1 is 1.06 bits per heavy atom. The molecule has 0 heterocycles. The molecular weight excluding hydrogens is 331 g/mol. The second-order valence-corrected chi connectivity index (χ2v) is 6.64. The average molecular weight is 352 g/mol. The summed E-state index contributed by atoms with van der Waals surface area (Å²) in [6, 6.07) is 5.66. The van der Waals surface area contributed by atoms with Gasteiger partial charge in [-0.15, -0.1) is 0 Å². The van der Waals surface area contributed by atoms with Crippen LogP contribution in [0, 0.1) is 0 Å². The lowest BCUT2D eigenvalue weighted by Gasteiger charge is -2.12. The van der Waals surface area contributed by atoms with Gasteiger partial charge in [-0.1, -0.05) is 84.6 Å². The van der Waals surface area contributed by atoms with Gasteiger partial charge in [-0.25, -0.2) is 0 Å². The zero-order valence-corrected chi connectivity index (χ0v) is 14.0. The van der Waals surface area contributed by atoms with Crippen molar-refractivity contribution in [3.05, 3.63) is 33.8 Å². The summed E-state index contributed by atoms with van der Waals surface area (Å²) >= 11 is 15.9. The van der Waals surface area contributed by atoms with Gasteiger partial charge in [-0.3, -0.25) is 0 Å². The Labute approximate surface area is 129 Å². The molecule has 3 heteroatoms. The first-order chi connectivity index (χ1) is 8.65. The van der Waals surface area contributed by atoms with Crippen LogP contribution in [0.5, 0.6) is 0 Å². The van der Waals surface area contributed by atoms with Crippen LogP contribution in [0.1, 0.15) is 62.3 Å². The Bertz CT molecular complexity index is 352. The second-order valence-electron chi connectivity index (χ2n) is 4.69. The molecule has 0 saturated heterocycles. The highest BCUT2D eigenvalue weighted by molar-refractivity contribution is 9.09. The van der Waals surface area contributed by atoms with E-state index in [2.05, 4.69) is 22.9 Å². The van der Waals surface area contributed by atoms with Gasteiger partial charge in [-0.2, -0.15) is 0 Å². The monoisotopic (exact) mass is 350 g/mol. The Morgan fingerprint density at radius 2 is 1.72 bits per heavy atom. The number of hydrogen-bond donors (Lipinski definition) is 0. The minimum absolute atomic E-state index is 0.315. The number of hydrogen-bond acceptors (Lipinski definition) is 0. The summed E-state index contributed by atoms with van der Waals surface area (Å²) in [5.41, 5.74) is 1.11. The largest absolute Gasteiger partial charge is 0.0843 e. The van der Waals surface area contributed by atoms with Crippen molar-refractivity contribution in [2.24, 2.45) is 0 Å². The topological polar surface area (TPSA) is 0 Å². The maximum absolute atomic E-state index is 6.18. The molecule has 102 valence electrons. The van der Waals surface area contributed by atoms with Gasteiger partial charge in [0, 0.05) is 14.9 Å². The molecule has 0 aliphatic rings. The van der Waals surface area contributed by atoms with E-state index >= 15 is 0 Å². The van der Waals surface area contributed by atoms with E-state index in [0.29, 0.717) is 4.83 Å². The highest BCUT2D eigenvalue weighted by atomic mass is 79.9. The van der Waals surface area contributed by atoms with Gasteiger partial charge in [0.1, 0.15) is 0 Å². The molecule has 0 aliphatic heterocycles. The van der Waals surface area contributed by atoms with Crippen molar-refractivity contribution in [3.63, 3.8) is 0 Å². The minimum Gasteiger partial charge on any atom is -0.0843 e. The molecule has 0 N–H and O–H groups in total. The van der Waals surface area contributed by atoms with Crippen molar-refractivity contribution in [2.75, 3.05) is 0 Å². The van der Waals surface area contributed by atoms with Crippen molar-refractivity contribution >= 4 is 39.1 Å². The van der Waals surface area contributed by atoms with Crippen LogP contribution < -0.4 is 0 Å². The van der Waals surface area contributed by atoms with Crippen LogP contribution in [0.3, 0.4) is 0 Å². The molecule has 1 aromatic carbocycles. The summed E-state index contributed by atoms with van der Waals surface area (Å²) in [6.45, 7) is 2.25. The predicted molar refractivity (Wildman–Crippen MR) is 86.1 cm³/mol. The van der Waals surface area contributed by atoms with Gasteiger partial charge in [0.15, 0.2) is 0 Å². The third kappa shape index (κ3) is 5.95. The fraction of sp³-hybridized carbons (Fsp3) is 0.600. The summed E-state index contributed by atoms with van der Waals surface area (Å²) in [5.74, 6) is 0. The molecule has 0 aromatic heterocycles. The Hall–Kier alpha value is 0.280. The summed E-state index contributed by atoms with van der Waals surface area (Å²) in [7, 11) is 0. The van der Waals surface area contributed by atoms with Gasteiger partial charge in [0.25, 0.3) is 0 Å². The van der Waals surface area contributed by atoms with Crippen LogP contribution in [-0.4, -0.2) is 0 Å². The van der Waals surface area contributed by atoms with Crippen molar-refractivity contribution in [2.45, 2.75) is 56.7 Å². The Morgan fingerprint density at radius 3 is 2.44 bits per heavy atom. The van der Waals surface area contributed by atoms with Gasteiger partial charge in [0.05, 0.1) is 0 Å². The molecule has 0 radical (unpaired) electrons. The maximum atomic E-state index is 6.18. The summed E-state index contributed by atoms with van der Waals surface area (Å²) in [5, 5.41) is 1.55. The third-order valence-electron chi connectivity index (χ3n) is 3.11. The fourth-order valence-corrected chi connectivity index (χ4v) is 3.28. The molecule has 0 nitrogen and oxygen atoms in total. The predicted octanol–water partition coefficient (Wildman–Crippen LogP) is 7.18. The van der Waals surface area contributed by atoms with Gasteiger partial charge >= 0.3 is 0 Å². The van der Waals surface area contributed by atoms with Crippen LogP contribution in [-0.2, 0) is 0 Å². The van der Waals surface area contributed by atoms with Crippen LogP contribution in [0.2, 0.25) is 10.0 Å². The van der Waals surface area contributed by atoms with E-state index < -0.39 is 0 Å². The first kappa shape index (κ1) is 16.3. The zero-order chi connectivity index (χ0) is 13.4. The Balaban J connectivity index is 2.31. The van der Waals surface area contributed by atoms with Crippen LogP contribution in [0.25, 0.3) is 0 Å². The molecule has 0 saturated carbocycles. The molecule has 18 heavy (non-hydrogen) atoms. The third-order valence-corrected chi connectivity index (χ3v) is 4.64. The molecule has 1 unspecified atom stereocenters. The van der Waals surface area contributed by atoms with Gasteiger partial charge < -0.3 is 0 Å². The first-order valence-corrected chi connectivity index (χ1v) is 8.41. The van der Waals surface area contributed by atoms with E-state index in [4.69, 9.17) is 23.2 Å². The van der Waals surface area contributed by atoms with Gasteiger partial charge in [-0.05, 0) is 30.2 Å². The molecule has 0 spiro atoms. The normalized spacial score (nSPS) is 12.7. The highest BCUT2D eigenvalue weighted by Crippen LogP contribution is 2.35. The van der Waals surface area contributed by atoms with Crippen molar-refractivity contribution in [1.29, 1.82) is 0 Å². The summed E-state index contributed by atoms with van der Waals surface area (Å²) in [4.78, 5) is 0.315. The van der Waals surface area contributed by atoms with E-state index in [1.165, 1.54) is 38.5 Å². The number of rotatable bonds is 8. The lowest BCUT2D eigenvalue weighted by atomic mass is 10.0. The SMILES string of the molecule is CCCCCCCCC(Br)c1cc(Cl)ccc1Cl. The van der Waals surface area contributed by atoms with Crippen LogP contribution in [0.15, 0.2) is 18.2 Å². The van der Waals surface area contributed by atoms with Gasteiger partial charge in [0.2, 0.25) is 0 Å². The van der Waals surface area contributed by atoms with E-state index in [0.717, 1.165) is 22.0 Å². The standard InChI is InChI=1S/C15H21BrCl2/c1-2-3-4-5-6-7-8-14(16)13-11-12(17)9-10-15(13)18/h9-11,14H,2-8H2,1H3. The van der Waals surface area contributed by atoms with E-state index in [-0.39, 0.29) is 0 Å². The molecule has 0 fully saturated rings. The van der Waals surface area contributed by atoms with E-state index in [1.807, 2.05) is 18.2 Å². The smallest absolute Gasteiger partial charge is 0.0450 e. The summed E-state index contributed by atoms with van der Waals surface area (Å²) in [6.07, 6.45) is 9.03. The molecule has 0 bridgehead atoms. The van der Waals surface area contributed by atoms with E-state index in [1.54, 1.807) is 0 Å². The highest BCUT2D eigenvalue weighted by Gasteiger charge is 2.11. The molecule has 0 amide bonds. The fourth-order valence-electron chi connectivity index (χ4n) is 2.01. The summed E-state index contributed by atoms with van der Waals surface area (Å²) < 4.78 is 0. The molecule has 1 aromatic rings. The Kier molecular flexibility index (Phi) is 8.37. The van der Waals surface area contributed by atoms with E-state index in [9.17, 15) is 0 Å². The average Bonchev–Trinajstić information content (AvgIpc) is 2.36. The lowest BCUT2D eigenvalue weighted by Crippen LogP contribution is -1.92. The quantitative estimate of drug-likeness (QED) is 0.343. The first-order valence-electron chi connectivity index (χ1n) is 6.74. The van der Waals surface area contributed by atoms with Crippen molar-refractivity contribution in [3.8, 4) is 0 Å². The molecule has 1 rings (SSSR count). The van der Waals surface area contributed by atoms with Crippen LogP contribution in [0.4, 0.5) is 0 Å². The number of benzene rings is 1. The second kappa shape index (κ2) is 9.23. The molecule has 0 aliphatic carbocycles. The van der Waals surface area contributed by atoms with Crippen molar-refractivity contribution in [1.82, 2.24) is 0 Å².